The van der Waals surface area contributed by atoms with E-state index in [-0.39, 0.29) is 10.8 Å². The van der Waals surface area contributed by atoms with Gasteiger partial charge in [0.05, 0.1) is 16.5 Å². The molecule has 0 atom stereocenters. The fourth-order valence-electron chi connectivity index (χ4n) is 2.87. The number of nitrogens with one attached hydrogen (secondary N) is 1. The second kappa shape index (κ2) is 7.58. The molecule has 0 aromatic heterocycles. The summed E-state index contributed by atoms with van der Waals surface area (Å²) in [5, 5.41) is 8.78. The molecule has 1 amide bonds. The van der Waals surface area contributed by atoms with Crippen LogP contribution in [-0.2, 0) is 21.2 Å². The molecule has 1 saturated heterocycles. The van der Waals surface area contributed by atoms with Gasteiger partial charge in [0.15, 0.2) is 0 Å². The fourth-order valence-corrected chi connectivity index (χ4v) is 3.93. The molecule has 2 aromatic rings. The molecule has 26 heavy (non-hydrogen) atoms. The number of carbonyl (C=O) groups is 1. The summed E-state index contributed by atoms with van der Waals surface area (Å²) < 4.78 is 27.4. The molecular formula is C19H19N3O3S. The highest BCUT2D eigenvalue weighted by atomic mass is 32.2. The van der Waals surface area contributed by atoms with Gasteiger partial charge in [0.2, 0.25) is 5.91 Å². The van der Waals surface area contributed by atoms with Crippen molar-refractivity contribution in [2.75, 3.05) is 17.8 Å². The van der Waals surface area contributed by atoms with E-state index in [0.717, 1.165) is 18.5 Å². The first-order chi connectivity index (χ1) is 12.5. The minimum absolute atomic E-state index is 0.169. The Bertz CT molecular complexity index is 929. The van der Waals surface area contributed by atoms with Crippen molar-refractivity contribution < 1.29 is 13.2 Å². The first-order valence-corrected chi connectivity index (χ1v) is 9.86. The van der Waals surface area contributed by atoms with Gasteiger partial charge in [-0.2, -0.15) is 5.26 Å². The Morgan fingerprint density at radius 1 is 1.08 bits per heavy atom. The molecule has 0 unspecified atom stereocenters. The van der Waals surface area contributed by atoms with E-state index < -0.39 is 10.0 Å². The van der Waals surface area contributed by atoms with E-state index in [9.17, 15) is 13.2 Å². The van der Waals surface area contributed by atoms with Crippen LogP contribution in [0.5, 0.6) is 0 Å². The van der Waals surface area contributed by atoms with Crippen LogP contribution < -0.4 is 4.72 Å². The Labute approximate surface area is 153 Å². The molecule has 1 aliphatic rings. The topological polar surface area (TPSA) is 90.3 Å². The van der Waals surface area contributed by atoms with Gasteiger partial charge in [0, 0.05) is 25.2 Å². The maximum Gasteiger partial charge on any atom is 0.261 e. The average Bonchev–Trinajstić information content (AvgIpc) is 3.05. The van der Waals surface area contributed by atoms with Crippen LogP contribution >= 0.6 is 0 Å². The first kappa shape index (κ1) is 18.0. The average molecular weight is 369 g/mol. The molecule has 3 rings (SSSR count). The van der Waals surface area contributed by atoms with Crippen molar-refractivity contribution in [2.24, 2.45) is 0 Å². The maximum absolute atomic E-state index is 12.4. The van der Waals surface area contributed by atoms with Gasteiger partial charge < -0.3 is 4.90 Å². The molecule has 0 bridgehead atoms. The Morgan fingerprint density at radius 3 is 2.35 bits per heavy atom. The van der Waals surface area contributed by atoms with Crippen molar-refractivity contribution in [1.82, 2.24) is 4.90 Å². The Morgan fingerprint density at radius 2 is 1.77 bits per heavy atom. The van der Waals surface area contributed by atoms with E-state index in [0.29, 0.717) is 30.6 Å². The van der Waals surface area contributed by atoms with E-state index >= 15 is 0 Å². The molecule has 2 aromatic carbocycles. The largest absolute Gasteiger partial charge is 0.342 e. The maximum atomic E-state index is 12.4. The Balaban J connectivity index is 1.64. The number of nitriles is 1. The molecule has 0 radical (unpaired) electrons. The number of benzene rings is 2. The van der Waals surface area contributed by atoms with Crippen LogP contribution in [-0.4, -0.2) is 32.3 Å². The number of amides is 1. The molecule has 6 nitrogen and oxygen atoms in total. The summed E-state index contributed by atoms with van der Waals surface area (Å²) in [7, 11) is -3.69. The van der Waals surface area contributed by atoms with Gasteiger partial charge in [-0.3, -0.25) is 9.52 Å². The third-order valence-corrected chi connectivity index (χ3v) is 5.74. The summed E-state index contributed by atoms with van der Waals surface area (Å²) in [6.45, 7) is 1.47. The molecule has 1 aliphatic heterocycles. The second-order valence-corrected chi connectivity index (χ2v) is 7.86. The number of hydrogen-bond donors (Lipinski definition) is 1. The summed E-state index contributed by atoms with van der Waals surface area (Å²) in [4.78, 5) is 13.6. The highest BCUT2D eigenvalue weighted by molar-refractivity contribution is 7.92. The quantitative estimate of drug-likeness (QED) is 0.847. The van der Waals surface area contributed by atoms with Gasteiger partial charge in [-0.1, -0.05) is 12.1 Å². The fraction of sp³-hybridized carbons (Fsp3) is 0.263. The Kier molecular flexibility index (Phi) is 5.24. The lowest BCUT2D eigenvalue weighted by Crippen LogP contribution is -2.26. The van der Waals surface area contributed by atoms with Crippen molar-refractivity contribution in [1.29, 1.82) is 5.26 Å². The first-order valence-electron chi connectivity index (χ1n) is 8.38. The molecule has 1 fully saturated rings. The van der Waals surface area contributed by atoms with Gasteiger partial charge in [0.1, 0.15) is 0 Å². The van der Waals surface area contributed by atoms with Crippen molar-refractivity contribution in [3.8, 4) is 6.07 Å². The molecule has 0 aliphatic carbocycles. The zero-order chi connectivity index (χ0) is 18.6. The molecule has 1 heterocycles. The lowest BCUT2D eigenvalue weighted by Gasteiger charge is -2.15. The van der Waals surface area contributed by atoms with Gasteiger partial charge in [0.25, 0.3) is 10.0 Å². The van der Waals surface area contributed by atoms with E-state index in [4.69, 9.17) is 5.26 Å². The van der Waals surface area contributed by atoms with Gasteiger partial charge in [-0.05, 0) is 54.8 Å². The second-order valence-electron chi connectivity index (χ2n) is 6.17. The highest BCUT2D eigenvalue weighted by Crippen LogP contribution is 2.18. The number of sulfonamides is 1. The molecule has 1 N–H and O–H groups in total. The summed E-state index contributed by atoms with van der Waals surface area (Å²) in [6.07, 6.45) is 2.24. The van der Waals surface area contributed by atoms with Gasteiger partial charge in [-0.25, -0.2) is 8.42 Å². The van der Waals surface area contributed by atoms with E-state index in [1.165, 1.54) is 0 Å². The smallest absolute Gasteiger partial charge is 0.261 e. The lowest BCUT2D eigenvalue weighted by atomic mass is 10.1. The monoisotopic (exact) mass is 369 g/mol. The normalized spacial score (nSPS) is 14.3. The lowest BCUT2D eigenvalue weighted by molar-refractivity contribution is -0.127. The van der Waals surface area contributed by atoms with E-state index in [2.05, 4.69) is 4.72 Å². The van der Waals surface area contributed by atoms with Gasteiger partial charge >= 0.3 is 0 Å². The molecule has 0 spiro atoms. The van der Waals surface area contributed by atoms with Crippen molar-refractivity contribution in [3.05, 3.63) is 59.7 Å². The molecule has 7 heteroatoms. The number of hydrogen-bond acceptors (Lipinski definition) is 4. The van der Waals surface area contributed by atoms with Crippen LogP contribution in [0.25, 0.3) is 0 Å². The molecule has 134 valence electrons. The van der Waals surface area contributed by atoms with Crippen molar-refractivity contribution in [2.45, 2.75) is 24.2 Å². The molecular weight excluding hydrogens is 350 g/mol. The minimum atomic E-state index is -3.69. The highest BCUT2D eigenvalue weighted by Gasteiger charge is 2.19. The summed E-state index contributed by atoms with van der Waals surface area (Å²) in [5.41, 5.74) is 1.86. The summed E-state index contributed by atoms with van der Waals surface area (Å²) >= 11 is 0. The standard InChI is InChI=1S/C19H19N3O3S/c20-14-16-3-7-17(8-4-16)21-26(24,25)18-9-5-15(6-10-18)11-13-22-12-1-2-19(22)23/h3-10,21H,1-2,11-13H2. The van der Waals surface area contributed by atoms with Crippen LogP contribution in [0.4, 0.5) is 5.69 Å². The van der Waals surface area contributed by atoms with Crippen LogP contribution in [0.3, 0.4) is 0 Å². The number of nitrogens with zero attached hydrogens (tertiary/aromatic N) is 2. The van der Waals surface area contributed by atoms with E-state index in [1.807, 2.05) is 11.0 Å². The Hall–Kier alpha value is -2.85. The van der Waals surface area contributed by atoms with Crippen molar-refractivity contribution in [3.63, 3.8) is 0 Å². The van der Waals surface area contributed by atoms with Crippen LogP contribution in [0, 0.1) is 11.3 Å². The zero-order valence-electron chi connectivity index (χ0n) is 14.2. The van der Waals surface area contributed by atoms with Gasteiger partial charge in [-0.15, -0.1) is 0 Å². The predicted octanol–water partition coefficient (Wildman–Crippen LogP) is 2.52. The van der Waals surface area contributed by atoms with E-state index in [1.54, 1.807) is 48.5 Å². The predicted molar refractivity (Wildman–Crippen MR) is 97.9 cm³/mol. The third kappa shape index (κ3) is 4.21. The zero-order valence-corrected chi connectivity index (χ0v) is 15.0. The van der Waals surface area contributed by atoms with Crippen molar-refractivity contribution >= 4 is 21.6 Å². The third-order valence-electron chi connectivity index (χ3n) is 4.34. The number of likely N-dealkylation sites (tertiary alicyclic amines) is 1. The molecule has 0 saturated carbocycles. The SMILES string of the molecule is N#Cc1ccc(NS(=O)(=O)c2ccc(CCN3CCCC3=O)cc2)cc1. The number of anilines is 1. The van der Waals surface area contributed by atoms with Crippen LogP contribution in [0.1, 0.15) is 24.0 Å². The van der Waals surface area contributed by atoms with Crippen LogP contribution in [0.2, 0.25) is 0 Å². The summed E-state index contributed by atoms with van der Waals surface area (Å²) in [5.74, 6) is 0.191. The number of rotatable bonds is 6. The van der Waals surface area contributed by atoms with Crippen LogP contribution in [0.15, 0.2) is 53.4 Å². The minimum Gasteiger partial charge on any atom is -0.342 e. The summed E-state index contributed by atoms with van der Waals surface area (Å²) in [6, 6.07) is 14.9. The number of carbonyl (C=O) groups excluding carboxylic acids is 1.